The highest BCUT2D eigenvalue weighted by atomic mass is 19.1. The molecule has 0 saturated heterocycles. The number of benzene rings is 2. The molecule has 2 aromatic carbocycles. The van der Waals surface area contributed by atoms with E-state index < -0.39 is 34.4 Å². The van der Waals surface area contributed by atoms with Crippen molar-refractivity contribution in [1.29, 1.82) is 0 Å². The lowest BCUT2D eigenvalue weighted by Gasteiger charge is -2.13. The van der Waals surface area contributed by atoms with Crippen molar-refractivity contribution in [2.75, 3.05) is 5.32 Å². The number of pyridine rings is 1. The van der Waals surface area contributed by atoms with Crippen molar-refractivity contribution in [3.05, 3.63) is 76.2 Å². The zero-order valence-corrected chi connectivity index (χ0v) is 14.6. The number of amides is 1. The molecule has 142 valence electrons. The molecule has 1 amide bonds. The predicted octanol–water partition coefficient (Wildman–Crippen LogP) is 3.47. The van der Waals surface area contributed by atoms with Crippen LogP contribution in [-0.2, 0) is 9.53 Å². The fourth-order valence-electron chi connectivity index (χ4n) is 2.43. The van der Waals surface area contributed by atoms with Crippen molar-refractivity contribution in [3.63, 3.8) is 0 Å². The second-order valence-electron chi connectivity index (χ2n) is 5.85. The van der Waals surface area contributed by atoms with E-state index in [1.54, 1.807) is 18.2 Å². The van der Waals surface area contributed by atoms with Crippen molar-refractivity contribution >= 4 is 34.2 Å². The molecule has 1 N–H and O–H groups in total. The zero-order valence-electron chi connectivity index (χ0n) is 14.6. The Morgan fingerprint density at radius 2 is 1.93 bits per heavy atom. The standard InChI is InChI=1S/C19H14FN3O5/c1-11(18(24)21-13-7-8-14(20)17(10-13)23(26)27)28-19(25)16-9-6-12-4-2-3-5-15(12)22-16/h2-11H,1H3,(H,21,24)/t11-/m0/s1. The first-order valence-corrected chi connectivity index (χ1v) is 8.17. The number of nitrogens with one attached hydrogen (secondary N) is 1. The number of anilines is 1. The number of aromatic nitrogens is 1. The second-order valence-corrected chi connectivity index (χ2v) is 5.85. The SMILES string of the molecule is C[C@H](OC(=O)c1ccc2ccccc2n1)C(=O)Nc1ccc(F)c([N+](=O)[O-])c1. The van der Waals surface area contributed by atoms with Crippen LogP contribution in [0.3, 0.4) is 0 Å². The fraction of sp³-hybridized carbons (Fsp3) is 0.105. The first-order valence-electron chi connectivity index (χ1n) is 8.17. The van der Waals surface area contributed by atoms with Gasteiger partial charge in [-0.1, -0.05) is 24.3 Å². The summed E-state index contributed by atoms with van der Waals surface area (Å²) in [6.07, 6.45) is -1.20. The summed E-state index contributed by atoms with van der Waals surface area (Å²) in [5.74, 6) is -2.54. The zero-order chi connectivity index (χ0) is 20.3. The Hall–Kier alpha value is -3.88. The van der Waals surface area contributed by atoms with Gasteiger partial charge < -0.3 is 10.1 Å². The summed E-state index contributed by atoms with van der Waals surface area (Å²) in [5, 5.41) is 14.0. The van der Waals surface area contributed by atoms with E-state index in [1.165, 1.54) is 19.1 Å². The summed E-state index contributed by atoms with van der Waals surface area (Å²) in [4.78, 5) is 38.5. The molecule has 9 heteroatoms. The lowest BCUT2D eigenvalue weighted by molar-refractivity contribution is -0.387. The minimum Gasteiger partial charge on any atom is -0.448 e. The molecular weight excluding hydrogens is 369 g/mol. The third-order valence-electron chi connectivity index (χ3n) is 3.87. The number of carbonyl (C=O) groups is 2. The smallest absolute Gasteiger partial charge is 0.357 e. The normalized spacial score (nSPS) is 11.6. The monoisotopic (exact) mass is 383 g/mol. The first kappa shape index (κ1) is 18.9. The highest BCUT2D eigenvalue weighted by Crippen LogP contribution is 2.22. The number of hydrogen-bond acceptors (Lipinski definition) is 6. The average Bonchev–Trinajstić information content (AvgIpc) is 2.68. The maximum absolute atomic E-state index is 13.4. The minimum absolute atomic E-state index is 0.00447. The molecule has 1 atom stereocenters. The Balaban J connectivity index is 1.68. The third kappa shape index (κ3) is 4.09. The molecule has 1 aromatic heterocycles. The van der Waals surface area contributed by atoms with Gasteiger partial charge in [0, 0.05) is 17.1 Å². The molecule has 0 unspecified atom stereocenters. The summed E-state index contributed by atoms with van der Waals surface area (Å²) in [5.41, 5.74) is -0.129. The minimum atomic E-state index is -1.20. The molecule has 0 saturated carbocycles. The van der Waals surface area contributed by atoms with Crippen LogP contribution in [0.2, 0.25) is 0 Å². The first-order chi connectivity index (χ1) is 13.3. The number of nitro benzene ring substituents is 1. The molecule has 0 aliphatic rings. The van der Waals surface area contributed by atoms with Gasteiger partial charge in [0.2, 0.25) is 5.82 Å². The van der Waals surface area contributed by atoms with E-state index in [1.807, 2.05) is 12.1 Å². The Labute approximate surface area is 158 Å². The number of para-hydroxylation sites is 1. The molecule has 0 radical (unpaired) electrons. The quantitative estimate of drug-likeness (QED) is 0.410. The largest absolute Gasteiger partial charge is 0.448 e. The Kier molecular flexibility index (Phi) is 5.25. The van der Waals surface area contributed by atoms with E-state index in [4.69, 9.17) is 4.74 Å². The van der Waals surface area contributed by atoms with Crippen LogP contribution in [0.5, 0.6) is 0 Å². The number of nitrogens with zero attached hydrogens (tertiary/aromatic N) is 2. The number of nitro groups is 1. The Bertz CT molecular complexity index is 1090. The Morgan fingerprint density at radius 3 is 2.68 bits per heavy atom. The topological polar surface area (TPSA) is 111 Å². The second kappa shape index (κ2) is 7.78. The van der Waals surface area contributed by atoms with Gasteiger partial charge in [-0.15, -0.1) is 0 Å². The number of rotatable bonds is 5. The van der Waals surface area contributed by atoms with Gasteiger partial charge in [0.15, 0.2) is 6.10 Å². The number of esters is 1. The van der Waals surface area contributed by atoms with Gasteiger partial charge in [-0.05, 0) is 31.2 Å². The summed E-state index contributed by atoms with van der Waals surface area (Å²) >= 11 is 0. The fourth-order valence-corrected chi connectivity index (χ4v) is 2.43. The van der Waals surface area contributed by atoms with Crippen molar-refractivity contribution < 1.29 is 23.6 Å². The third-order valence-corrected chi connectivity index (χ3v) is 3.87. The number of fused-ring (bicyclic) bond motifs is 1. The predicted molar refractivity (Wildman–Crippen MR) is 98.3 cm³/mol. The molecule has 0 spiro atoms. The van der Waals surface area contributed by atoms with Gasteiger partial charge in [0.25, 0.3) is 5.91 Å². The van der Waals surface area contributed by atoms with Gasteiger partial charge >= 0.3 is 11.7 Å². The summed E-state index contributed by atoms with van der Waals surface area (Å²) in [6, 6.07) is 13.3. The van der Waals surface area contributed by atoms with E-state index in [9.17, 15) is 24.1 Å². The van der Waals surface area contributed by atoms with Crippen molar-refractivity contribution in [2.24, 2.45) is 0 Å². The van der Waals surface area contributed by atoms with E-state index in [0.717, 1.165) is 17.5 Å². The van der Waals surface area contributed by atoms with Crippen LogP contribution in [0, 0.1) is 15.9 Å². The van der Waals surface area contributed by atoms with E-state index in [0.29, 0.717) is 5.52 Å². The van der Waals surface area contributed by atoms with Crippen LogP contribution in [0.1, 0.15) is 17.4 Å². The van der Waals surface area contributed by atoms with E-state index in [-0.39, 0.29) is 11.4 Å². The number of ether oxygens (including phenoxy) is 1. The van der Waals surface area contributed by atoms with Crippen molar-refractivity contribution in [3.8, 4) is 0 Å². The molecule has 1 heterocycles. The van der Waals surface area contributed by atoms with Gasteiger partial charge in [0.05, 0.1) is 10.4 Å². The molecule has 0 aliphatic heterocycles. The van der Waals surface area contributed by atoms with Crippen LogP contribution in [0.15, 0.2) is 54.6 Å². The summed E-state index contributed by atoms with van der Waals surface area (Å²) in [7, 11) is 0. The molecule has 8 nitrogen and oxygen atoms in total. The highest BCUT2D eigenvalue weighted by molar-refractivity contribution is 5.97. The van der Waals surface area contributed by atoms with Gasteiger partial charge in [-0.3, -0.25) is 14.9 Å². The lowest BCUT2D eigenvalue weighted by atomic mass is 10.2. The summed E-state index contributed by atoms with van der Waals surface area (Å²) < 4.78 is 18.5. The molecular formula is C19H14FN3O5. The molecule has 0 bridgehead atoms. The van der Waals surface area contributed by atoms with Crippen LogP contribution in [0.4, 0.5) is 15.8 Å². The van der Waals surface area contributed by atoms with Crippen LogP contribution < -0.4 is 5.32 Å². The van der Waals surface area contributed by atoms with Crippen LogP contribution >= 0.6 is 0 Å². The average molecular weight is 383 g/mol. The number of hydrogen-bond donors (Lipinski definition) is 1. The maximum Gasteiger partial charge on any atom is 0.357 e. The van der Waals surface area contributed by atoms with Gasteiger partial charge in [-0.2, -0.15) is 4.39 Å². The molecule has 28 heavy (non-hydrogen) atoms. The van der Waals surface area contributed by atoms with Crippen LogP contribution in [-0.4, -0.2) is 27.9 Å². The lowest BCUT2D eigenvalue weighted by Crippen LogP contribution is -2.30. The van der Waals surface area contributed by atoms with Gasteiger partial charge in [0.1, 0.15) is 5.69 Å². The van der Waals surface area contributed by atoms with E-state index >= 15 is 0 Å². The molecule has 0 fully saturated rings. The molecule has 3 aromatic rings. The van der Waals surface area contributed by atoms with Crippen molar-refractivity contribution in [2.45, 2.75) is 13.0 Å². The highest BCUT2D eigenvalue weighted by Gasteiger charge is 2.21. The van der Waals surface area contributed by atoms with Crippen LogP contribution in [0.25, 0.3) is 10.9 Å². The number of halogens is 1. The number of carbonyl (C=O) groups excluding carboxylic acids is 2. The maximum atomic E-state index is 13.4. The molecule has 0 aliphatic carbocycles. The Morgan fingerprint density at radius 1 is 1.18 bits per heavy atom. The molecule has 3 rings (SSSR count). The summed E-state index contributed by atoms with van der Waals surface area (Å²) in [6.45, 7) is 1.34. The van der Waals surface area contributed by atoms with Gasteiger partial charge in [-0.25, -0.2) is 9.78 Å². The van der Waals surface area contributed by atoms with E-state index in [2.05, 4.69) is 10.3 Å². The van der Waals surface area contributed by atoms with Crippen molar-refractivity contribution in [1.82, 2.24) is 4.98 Å².